The Morgan fingerprint density at radius 2 is 1.95 bits per heavy atom. The van der Waals surface area contributed by atoms with Gasteiger partial charge in [0.05, 0.1) is 6.10 Å². The van der Waals surface area contributed by atoms with Crippen molar-refractivity contribution < 1.29 is 4.74 Å². The molecule has 0 radical (unpaired) electrons. The molecule has 0 bridgehead atoms. The molecule has 1 fully saturated rings. The Kier molecular flexibility index (Phi) is 4.87. The zero-order valence-corrected chi connectivity index (χ0v) is 13.6. The van der Waals surface area contributed by atoms with Crippen LogP contribution in [0.25, 0.3) is 0 Å². The van der Waals surface area contributed by atoms with Gasteiger partial charge in [-0.2, -0.15) is 0 Å². The molecule has 0 heterocycles. The summed E-state index contributed by atoms with van der Waals surface area (Å²) in [6.45, 7) is 9.06. The standard InChI is InChI=1S/C18H29NO/c1-6-7-14-8-10-15(11-9-14)13(2)19-16-12-17(20-5)18(16,3)4/h8-11,13,16-17,19H,6-7,12H2,1-5H3. The van der Waals surface area contributed by atoms with Crippen LogP contribution in [0.3, 0.4) is 0 Å². The lowest BCUT2D eigenvalue weighted by Gasteiger charge is -2.52. The van der Waals surface area contributed by atoms with Gasteiger partial charge in [0.25, 0.3) is 0 Å². The fourth-order valence-electron chi connectivity index (χ4n) is 3.23. The van der Waals surface area contributed by atoms with Crippen molar-refractivity contribution >= 4 is 0 Å². The molecule has 1 aromatic carbocycles. The molecule has 0 spiro atoms. The highest BCUT2D eigenvalue weighted by molar-refractivity contribution is 5.25. The highest BCUT2D eigenvalue weighted by Gasteiger charge is 2.48. The van der Waals surface area contributed by atoms with Gasteiger partial charge in [-0.05, 0) is 30.9 Å². The van der Waals surface area contributed by atoms with Gasteiger partial charge in [0.2, 0.25) is 0 Å². The number of methoxy groups -OCH3 is 1. The number of ether oxygens (including phenoxy) is 1. The van der Waals surface area contributed by atoms with Crippen molar-refractivity contribution in [3.8, 4) is 0 Å². The third kappa shape index (κ3) is 3.07. The highest BCUT2D eigenvalue weighted by atomic mass is 16.5. The van der Waals surface area contributed by atoms with Crippen molar-refractivity contribution in [2.45, 2.75) is 65.1 Å². The van der Waals surface area contributed by atoms with Crippen LogP contribution in [0.4, 0.5) is 0 Å². The van der Waals surface area contributed by atoms with E-state index in [0.29, 0.717) is 18.2 Å². The third-order valence-corrected chi connectivity index (χ3v) is 4.93. The summed E-state index contributed by atoms with van der Waals surface area (Å²) in [4.78, 5) is 0. The molecule has 0 aromatic heterocycles. The lowest BCUT2D eigenvalue weighted by molar-refractivity contribution is -0.0999. The Balaban J connectivity index is 1.94. The molecule has 3 atom stereocenters. The number of hydrogen-bond acceptors (Lipinski definition) is 2. The van der Waals surface area contributed by atoms with Crippen molar-refractivity contribution in [2.24, 2.45) is 5.41 Å². The Morgan fingerprint density at radius 3 is 2.45 bits per heavy atom. The van der Waals surface area contributed by atoms with E-state index in [1.54, 1.807) is 0 Å². The van der Waals surface area contributed by atoms with Gasteiger partial charge in [-0.25, -0.2) is 0 Å². The number of nitrogens with one attached hydrogen (secondary N) is 1. The summed E-state index contributed by atoms with van der Waals surface area (Å²) in [6.07, 6.45) is 3.88. The normalized spacial score (nSPS) is 26.1. The molecule has 3 unspecified atom stereocenters. The molecule has 2 nitrogen and oxygen atoms in total. The number of benzene rings is 1. The topological polar surface area (TPSA) is 21.3 Å². The summed E-state index contributed by atoms with van der Waals surface area (Å²) in [5, 5.41) is 3.76. The number of hydrogen-bond donors (Lipinski definition) is 1. The minimum atomic E-state index is 0.227. The summed E-state index contributed by atoms with van der Waals surface area (Å²) < 4.78 is 5.52. The molecule has 0 saturated heterocycles. The maximum Gasteiger partial charge on any atom is 0.0652 e. The molecule has 112 valence electrons. The zero-order valence-electron chi connectivity index (χ0n) is 13.6. The van der Waals surface area contributed by atoms with Gasteiger partial charge in [-0.15, -0.1) is 0 Å². The third-order valence-electron chi connectivity index (χ3n) is 4.93. The molecule has 1 saturated carbocycles. The largest absolute Gasteiger partial charge is 0.381 e. The summed E-state index contributed by atoms with van der Waals surface area (Å²) in [5.74, 6) is 0. The SMILES string of the molecule is CCCc1ccc(C(C)NC2CC(OC)C2(C)C)cc1. The molecule has 0 amide bonds. The predicted octanol–water partition coefficient (Wildman–Crippen LogP) is 4.10. The average molecular weight is 275 g/mol. The fourth-order valence-corrected chi connectivity index (χ4v) is 3.23. The highest BCUT2D eigenvalue weighted by Crippen LogP contribution is 2.43. The van der Waals surface area contributed by atoms with Gasteiger partial charge in [0, 0.05) is 24.6 Å². The van der Waals surface area contributed by atoms with Gasteiger partial charge in [-0.1, -0.05) is 51.5 Å². The second kappa shape index (κ2) is 6.28. The second-order valence-corrected chi connectivity index (χ2v) is 6.71. The maximum absolute atomic E-state index is 5.52. The molecule has 1 aliphatic carbocycles. The summed E-state index contributed by atoms with van der Waals surface area (Å²) in [7, 11) is 1.82. The summed E-state index contributed by atoms with van der Waals surface area (Å²) in [5.41, 5.74) is 3.04. The van der Waals surface area contributed by atoms with Crippen LogP contribution in [0.2, 0.25) is 0 Å². The van der Waals surface area contributed by atoms with E-state index in [-0.39, 0.29) is 5.41 Å². The molecule has 20 heavy (non-hydrogen) atoms. The van der Waals surface area contributed by atoms with Crippen LogP contribution in [-0.4, -0.2) is 19.3 Å². The zero-order chi connectivity index (χ0) is 14.8. The molecule has 2 rings (SSSR count). The van der Waals surface area contributed by atoms with E-state index in [0.717, 1.165) is 6.42 Å². The van der Waals surface area contributed by atoms with E-state index in [1.165, 1.54) is 24.0 Å². The minimum absolute atomic E-state index is 0.227. The van der Waals surface area contributed by atoms with Crippen LogP contribution >= 0.6 is 0 Å². The molecular formula is C18H29NO. The number of rotatable bonds is 6. The average Bonchev–Trinajstić information content (AvgIpc) is 2.44. The Bertz CT molecular complexity index is 424. The first-order valence-electron chi connectivity index (χ1n) is 7.86. The molecule has 0 aliphatic heterocycles. The van der Waals surface area contributed by atoms with Crippen molar-refractivity contribution in [3.63, 3.8) is 0 Å². The molecule has 1 aliphatic rings. The van der Waals surface area contributed by atoms with Crippen molar-refractivity contribution in [3.05, 3.63) is 35.4 Å². The lowest BCUT2D eigenvalue weighted by Crippen LogP contribution is -2.60. The fraction of sp³-hybridized carbons (Fsp3) is 0.667. The monoisotopic (exact) mass is 275 g/mol. The molecular weight excluding hydrogens is 246 g/mol. The van der Waals surface area contributed by atoms with E-state index in [2.05, 4.69) is 57.3 Å². The van der Waals surface area contributed by atoms with Crippen LogP contribution < -0.4 is 5.32 Å². The lowest BCUT2D eigenvalue weighted by atomic mass is 9.64. The Labute approximate surface area is 123 Å². The van der Waals surface area contributed by atoms with Gasteiger partial charge < -0.3 is 10.1 Å². The Hall–Kier alpha value is -0.860. The molecule has 2 heteroatoms. The van der Waals surface area contributed by atoms with Gasteiger partial charge in [0.15, 0.2) is 0 Å². The first-order chi connectivity index (χ1) is 9.48. The molecule has 1 N–H and O–H groups in total. The van der Waals surface area contributed by atoms with Crippen LogP contribution in [0.1, 0.15) is 57.7 Å². The van der Waals surface area contributed by atoms with Crippen LogP contribution in [0.5, 0.6) is 0 Å². The van der Waals surface area contributed by atoms with Gasteiger partial charge in [0.1, 0.15) is 0 Å². The van der Waals surface area contributed by atoms with E-state index in [1.807, 2.05) is 7.11 Å². The van der Waals surface area contributed by atoms with Crippen molar-refractivity contribution in [1.29, 1.82) is 0 Å². The smallest absolute Gasteiger partial charge is 0.0652 e. The quantitative estimate of drug-likeness (QED) is 0.844. The van der Waals surface area contributed by atoms with Crippen LogP contribution in [0, 0.1) is 5.41 Å². The van der Waals surface area contributed by atoms with Crippen molar-refractivity contribution in [1.82, 2.24) is 5.32 Å². The molecule has 1 aromatic rings. The first kappa shape index (κ1) is 15.5. The van der Waals surface area contributed by atoms with Gasteiger partial charge in [-0.3, -0.25) is 0 Å². The predicted molar refractivity (Wildman–Crippen MR) is 85.0 cm³/mol. The summed E-state index contributed by atoms with van der Waals surface area (Å²) in [6, 6.07) is 10.00. The minimum Gasteiger partial charge on any atom is -0.381 e. The maximum atomic E-state index is 5.52. The van der Waals surface area contributed by atoms with Crippen molar-refractivity contribution in [2.75, 3.05) is 7.11 Å². The van der Waals surface area contributed by atoms with Crippen LogP contribution in [0.15, 0.2) is 24.3 Å². The van der Waals surface area contributed by atoms with Gasteiger partial charge >= 0.3 is 0 Å². The van der Waals surface area contributed by atoms with Crippen LogP contribution in [-0.2, 0) is 11.2 Å². The Morgan fingerprint density at radius 1 is 1.30 bits per heavy atom. The second-order valence-electron chi connectivity index (χ2n) is 6.71. The van der Waals surface area contributed by atoms with E-state index in [4.69, 9.17) is 4.74 Å². The summed E-state index contributed by atoms with van der Waals surface area (Å²) >= 11 is 0. The first-order valence-corrected chi connectivity index (χ1v) is 7.86. The van der Waals surface area contributed by atoms with E-state index < -0.39 is 0 Å². The van der Waals surface area contributed by atoms with E-state index >= 15 is 0 Å². The van der Waals surface area contributed by atoms with E-state index in [9.17, 15) is 0 Å². The number of aryl methyl sites for hydroxylation is 1.